The van der Waals surface area contributed by atoms with Crippen molar-refractivity contribution in [1.29, 1.82) is 0 Å². The molecule has 1 unspecified atom stereocenters. The fraction of sp³-hybridized carbons (Fsp3) is 0.400. The van der Waals surface area contributed by atoms with Crippen molar-refractivity contribution in [2.24, 2.45) is 5.92 Å². The molecular formula is C15H21N3. The SMILES string of the molecule is CC(C)C(C)N(C)c1ccc(N)c2ncccc12. The number of anilines is 2. The third-order valence-corrected chi connectivity index (χ3v) is 3.73. The number of hydrogen-bond acceptors (Lipinski definition) is 3. The highest BCUT2D eigenvalue weighted by atomic mass is 15.1. The van der Waals surface area contributed by atoms with Crippen LogP contribution in [0.1, 0.15) is 20.8 Å². The molecule has 0 aliphatic heterocycles. The van der Waals surface area contributed by atoms with Gasteiger partial charge in [0.2, 0.25) is 0 Å². The monoisotopic (exact) mass is 243 g/mol. The highest BCUT2D eigenvalue weighted by molar-refractivity contribution is 5.98. The zero-order valence-corrected chi connectivity index (χ0v) is 11.5. The van der Waals surface area contributed by atoms with Crippen LogP contribution in [0.4, 0.5) is 11.4 Å². The molecule has 0 amide bonds. The van der Waals surface area contributed by atoms with Gasteiger partial charge in [-0.05, 0) is 37.1 Å². The lowest BCUT2D eigenvalue weighted by Gasteiger charge is -2.31. The van der Waals surface area contributed by atoms with Gasteiger partial charge in [-0.2, -0.15) is 0 Å². The molecule has 0 saturated heterocycles. The molecule has 3 heteroatoms. The van der Waals surface area contributed by atoms with Crippen LogP contribution < -0.4 is 10.6 Å². The van der Waals surface area contributed by atoms with Gasteiger partial charge in [-0.25, -0.2) is 0 Å². The van der Waals surface area contributed by atoms with Gasteiger partial charge in [-0.3, -0.25) is 4.98 Å². The van der Waals surface area contributed by atoms with Crippen LogP contribution in [0.3, 0.4) is 0 Å². The number of nitrogens with zero attached hydrogens (tertiary/aromatic N) is 2. The van der Waals surface area contributed by atoms with E-state index in [-0.39, 0.29) is 0 Å². The Bertz CT molecular complexity index is 548. The van der Waals surface area contributed by atoms with Gasteiger partial charge < -0.3 is 10.6 Å². The minimum atomic E-state index is 0.469. The van der Waals surface area contributed by atoms with Gasteiger partial charge in [-0.1, -0.05) is 13.8 Å². The number of benzene rings is 1. The van der Waals surface area contributed by atoms with Gasteiger partial charge in [0.05, 0.1) is 11.2 Å². The number of pyridine rings is 1. The van der Waals surface area contributed by atoms with Crippen molar-refractivity contribution in [2.75, 3.05) is 17.7 Å². The molecule has 96 valence electrons. The lowest BCUT2D eigenvalue weighted by molar-refractivity contribution is 0.506. The van der Waals surface area contributed by atoms with E-state index in [0.29, 0.717) is 12.0 Å². The Hall–Kier alpha value is -1.77. The molecule has 1 atom stereocenters. The Kier molecular flexibility index (Phi) is 3.41. The van der Waals surface area contributed by atoms with E-state index in [1.165, 1.54) is 5.69 Å². The fourth-order valence-electron chi connectivity index (χ4n) is 2.15. The average Bonchev–Trinajstić information content (AvgIpc) is 2.38. The normalized spacial score (nSPS) is 12.9. The van der Waals surface area contributed by atoms with E-state index in [1.54, 1.807) is 6.20 Å². The van der Waals surface area contributed by atoms with Crippen LogP contribution in [-0.2, 0) is 0 Å². The van der Waals surface area contributed by atoms with Crippen molar-refractivity contribution in [3.8, 4) is 0 Å². The van der Waals surface area contributed by atoms with Crippen molar-refractivity contribution in [3.05, 3.63) is 30.5 Å². The van der Waals surface area contributed by atoms with Crippen LogP contribution >= 0.6 is 0 Å². The van der Waals surface area contributed by atoms with E-state index in [2.05, 4.69) is 49.8 Å². The summed E-state index contributed by atoms with van der Waals surface area (Å²) in [4.78, 5) is 6.68. The first-order valence-corrected chi connectivity index (χ1v) is 6.38. The zero-order chi connectivity index (χ0) is 13.3. The smallest absolute Gasteiger partial charge is 0.0951 e. The lowest BCUT2D eigenvalue weighted by Crippen LogP contribution is -2.33. The lowest BCUT2D eigenvalue weighted by atomic mass is 10.0. The van der Waals surface area contributed by atoms with E-state index in [1.807, 2.05) is 12.1 Å². The van der Waals surface area contributed by atoms with Gasteiger partial charge in [0.15, 0.2) is 0 Å². The first kappa shape index (κ1) is 12.7. The Morgan fingerprint density at radius 3 is 2.56 bits per heavy atom. The fourth-order valence-corrected chi connectivity index (χ4v) is 2.15. The zero-order valence-electron chi connectivity index (χ0n) is 11.5. The summed E-state index contributed by atoms with van der Waals surface area (Å²) in [6.45, 7) is 6.71. The summed E-state index contributed by atoms with van der Waals surface area (Å²) in [6, 6.07) is 8.53. The Balaban J connectivity index is 2.55. The minimum absolute atomic E-state index is 0.469. The summed E-state index contributed by atoms with van der Waals surface area (Å²) in [5.41, 5.74) is 8.79. The Labute approximate surface area is 109 Å². The predicted octanol–water partition coefficient (Wildman–Crippen LogP) is 3.30. The number of rotatable bonds is 3. The van der Waals surface area contributed by atoms with E-state index in [9.17, 15) is 0 Å². The van der Waals surface area contributed by atoms with Crippen LogP contribution in [0.5, 0.6) is 0 Å². The standard InChI is InChI=1S/C15H21N3/c1-10(2)11(3)18(4)14-8-7-13(16)15-12(14)6-5-9-17-15/h5-11H,16H2,1-4H3. The molecule has 0 spiro atoms. The minimum Gasteiger partial charge on any atom is -0.397 e. The predicted molar refractivity (Wildman–Crippen MR) is 78.9 cm³/mol. The summed E-state index contributed by atoms with van der Waals surface area (Å²) < 4.78 is 0. The van der Waals surface area contributed by atoms with Crippen LogP contribution in [0, 0.1) is 5.92 Å². The Morgan fingerprint density at radius 2 is 1.89 bits per heavy atom. The van der Waals surface area contributed by atoms with Crippen LogP contribution in [0.15, 0.2) is 30.5 Å². The summed E-state index contributed by atoms with van der Waals surface area (Å²) in [7, 11) is 2.13. The summed E-state index contributed by atoms with van der Waals surface area (Å²) in [5, 5.41) is 1.12. The molecule has 1 aromatic heterocycles. The molecule has 3 nitrogen and oxygen atoms in total. The van der Waals surface area contributed by atoms with Crippen molar-refractivity contribution >= 4 is 22.3 Å². The summed E-state index contributed by atoms with van der Waals surface area (Å²) >= 11 is 0. The van der Waals surface area contributed by atoms with E-state index in [4.69, 9.17) is 5.73 Å². The first-order chi connectivity index (χ1) is 8.52. The van der Waals surface area contributed by atoms with Crippen LogP contribution in [0.2, 0.25) is 0 Å². The molecule has 0 radical (unpaired) electrons. The maximum absolute atomic E-state index is 5.98. The third kappa shape index (κ3) is 2.13. The molecule has 0 bridgehead atoms. The number of hydrogen-bond donors (Lipinski definition) is 1. The van der Waals surface area contributed by atoms with Crippen molar-refractivity contribution in [3.63, 3.8) is 0 Å². The number of fused-ring (bicyclic) bond motifs is 1. The van der Waals surface area contributed by atoms with E-state index >= 15 is 0 Å². The Morgan fingerprint density at radius 1 is 1.17 bits per heavy atom. The maximum atomic E-state index is 5.98. The van der Waals surface area contributed by atoms with Crippen LogP contribution in [0.25, 0.3) is 10.9 Å². The topological polar surface area (TPSA) is 42.1 Å². The molecule has 0 aliphatic carbocycles. The second-order valence-electron chi connectivity index (χ2n) is 5.17. The summed E-state index contributed by atoms with van der Waals surface area (Å²) in [5.74, 6) is 0.597. The average molecular weight is 243 g/mol. The van der Waals surface area contributed by atoms with Gasteiger partial charge in [0.1, 0.15) is 0 Å². The molecule has 2 rings (SSSR count). The molecule has 2 aromatic rings. The van der Waals surface area contributed by atoms with Crippen LogP contribution in [-0.4, -0.2) is 18.1 Å². The molecule has 2 N–H and O–H groups in total. The second kappa shape index (κ2) is 4.84. The van der Waals surface area contributed by atoms with Crippen molar-refractivity contribution in [2.45, 2.75) is 26.8 Å². The third-order valence-electron chi connectivity index (χ3n) is 3.73. The van der Waals surface area contributed by atoms with Gasteiger partial charge in [0.25, 0.3) is 0 Å². The number of aromatic nitrogens is 1. The molecular weight excluding hydrogens is 222 g/mol. The van der Waals surface area contributed by atoms with Gasteiger partial charge >= 0.3 is 0 Å². The quantitative estimate of drug-likeness (QED) is 0.841. The van der Waals surface area contributed by atoms with Gasteiger partial charge in [0, 0.05) is 30.4 Å². The summed E-state index contributed by atoms with van der Waals surface area (Å²) in [6.07, 6.45) is 1.79. The molecule has 0 saturated carbocycles. The van der Waals surface area contributed by atoms with Crippen molar-refractivity contribution < 1.29 is 0 Å². The maximum Gasteiger partial charge on any atom is 0.0951 e. The largest absolute Gasteiger partial charge is 0.397 e. The van der Waals surface area contributed by atoms with E-state index < -0.39 is 0 Å². The molecule has 0 fully saturated rings. The number of nitrogen functional groups attached to an aromatic ring is 1. The van der Waals surface area contributed by atoms with E-state index in [0.717, 1.165) is 16.6 Å². The highest BCUT2D eigenvalue weighted by Gasteiger charge is 2.16. The molecule has 1 aromatic carbocycles. The molecule has 18 heavy (non-hydrogen) atoms. The highest BCUT2D eigenvalue weighted by Crippen LogP contribution is 2.30. The van der Waals surface area contributed by atoms with Gasteiger partial charge in [-0.15, -0.1) is 0 Å². The molecule has 0 aliphatic rings. The second-order valence-corrected chi connectivity index (χ2v) is 5.17. The number of nitrogens with two attached hydrogens (primary N) is 1. The van der Waals surface area contributed by atoms with Crippen molar-refractivity contribution in [1.82, 2.24) is 4.98 Å². The first-order valence-electron chi connectivity index (χ1n) is 6.38. The molecule has 1 heterocycles.